The number of aliphatic imine (C=N–C) groups is 1. The van der Waals surface area contributed by atoms with Crippen LogP contribution in [0.1, 0.15) is 12.8 Å². The zero-order chi connectivity index (χ0) is 14.0. The molecule has 1 aromatic rings. The average Bonchev–Trinajstić information content (AvgIpc) is 2.82. The fourth-order valence-corrected chi connectivity index (χ4v) is 3.84. The number of nitrogens with zero attached hydrogens (tertiary/aromatic N) is 2. The monoisotopic (exact) mass is 291 g/mol. The SMILES string of the molecule is CN(C)c1ccccc1NC1=NC2(CCOCC2)CS1. The summed E-state index contributed by atoms with van der Waals surface area (Å²) in [4.78, 5) is 7.06. The predicted octanol–water partition coefficient (Wildman–Crippen LogP) is 2.82. The minimum atomic E-state index is 0.109. The molecule has 1 aromatic carbocycles. The Morgan fingerprint density at radius 1 is 1.25 bits per heavy atom. The van der Waals surface area contributed by atoms with Crippen molar-refractivity contribution in [3.05, 3.63) is 24.3 Å². The number of benzene rings is 1. The molecule has 108 valence electrons. The van der Waals surface area contributed by atoms with Gasteiger partial charge in [0.25, 0.3) is 0 Å². The highest BCUT2D eigenvalue weighted by atomic mass is 32.2. The Morgan fingerprint density at radius 3 is 2.75 bits per heavy atom. The Kier molecular flexibility index (Phi) is 3.89. The zero-order valence-corrected chi connectivity index (χ0v) is 12.9. The molecule has 0 unspecified atom stereocenters. The molecule has 20 heavy (non-hydrogen) atoms. The van der Waals surface area contributed by atoms with E-state index in [0.717, 1.165) is 42.7 Å². The van der Waals surface area contributed by atoms with Crippen LogP contribution in [-0.4, -0.2) is 43.8 Å². The van der Waals surface area contributed by atoms with E-state index >= 15 is 0 Å². The molecule has 1 fully saturated rings. The van der Waals surface area contributed by atoms with Crippen LogP contribution in [0, 0.1) is 0 Å². The summed E-state index contributed by atoms with van der Waals surface area (Å²) < 4.78 is 5.45. The first-order chi connectivity index (χ1) is 9.69. The van der Waals surface area contributed by atoms with Crippen molar-refractivity contribution >= 4 is 28.3 Å². The Hall–Kier alpha value is -1.20. The van der Waals surface area contributed by atoms with E-state index in [1.165, 1.54) is 5.69 Å². The van der Waals surface area contributed by atoms with E-state index in [1.54, 1.807) is 0 Å². The number of anilines is 2. The van der Waals surface area contributed by atoms with Crippen molar-refractivity contribution in [3.8, 4) is 0 Å². The summed E-state index contributed by atoms with van der Waals surface area (Å²) in [7, 11) is 4.12. The molecule has 0 aliphatic carbocycles. The van der Waals surface area contributed by atoms with Gasteiger partial charge in [0.1, 0.15) is 0 Å². The Labute approximate surface area is 124 Å². The van der Waals surface area contributed by atoms with E-state index in [2.05, 4.69) is 48.6 Å². The lowest BCUT2D eigenvalue weighted by atomic mass is 9.93. The van der Waals surface area contributed by atoms with Gasteiger partial charge >= 0.3 is 0 Å². The van der Waals surface area contributed by atoms with Crippen LogP contribution in [0.15, 0.2) is 29.3 Å². The lowest BCUT2D eigenvalue weighted by Gasteiger charge is -2.29. The number of amidine groups is 1. The van der Waals surface area contributed by atoms with E-state index in [-0.39, 0.29) is 5.54 Å². The van der Waals surface area contributed by atoms with Crippen molar-refractivity contribution in [3.63, 3.8) is 0 Å². The molecule has 0 saturated carbocycles. The number of rotatable bonds is 2. The molecule has 3 rings (SSSR count). The molecule has 2 aliphatic heterocycles. The molecule has 1 saturated heterocycles. The summed E-state index contributed by atoms with van der Waals surface area (Å²) in [6.45, 7) is 1.68. The molecule has 4 nitrogen and oxygen atoms in total. The highest BCUT2D eigenvalue weighted by molar-refractivity contribution is 8.14. The zero-order valence-electron chi connectivity index (χ0n) is 12.1. The van der Waals surface area contributed by atoms with Crippen LogP contribution >= 0.6 is 11.8 Å². The van der Waals surface area contributed by atoms with Gasteiger partial charge in [0.2, 0.25) is 0 Å². The largest absolute Gasteiger partial charge is 0.381 e. The summed E-state index contributed by atoms with van der Waals surface area (Å²) in [6.07, 6.45) is 2.08. The van der Waals surface area contributed by atoms with Crippen molar-refractivity contribution in [2.45, 2.75) is 18.4 Å². The first-order valence-electron chi connectivity index (χ1n) is 7.02. The molecule has 0 atom stereocenters. The molecule has 1 spiro atoms. The van der Waals surface area contributed by atoms with Gasteiger partial charge in [-0.05, 0) is 25.0 Å². The molecular formula is C15H21N3OS. The van der Waals surface area contributed by atoms with Crippen molar-refractivity contribution in [1.82, 2.24) is 0 Å². The topological polar surface area (TPSA) is 36.9 Å². The van der Waals surface area contributed by atoms with Crippen molar-refractivity contribution in [2.24, 2.45) is 4.99 Å². The molecule has 0 bridgehead atoms. The fourth-order valence-electron chi connectivity index (χ4n) is 2.64. The summed E-state index contributed by atoms with van der Waals surface area (Å²) in [5.41, 5.74) is 2.41. The van der Waals surface area contributed by atoms with Crippen molar-refractivity contribution in [2.75, 3.05) is 43.3 Å². The van der Waals surface area contributed by atoms with Crippen LogP contribution in [0.25, 0.3) is 0 Å². The second-order valence-corrected chi connectivity index (χ2v) is 6.54. The number of thioether (sulfide) groups is 1. The molecule has 1 N–H and O–H groups in total. The van der Waals surface area contributed by atoms with Gasteiger partial charge in [0, 0.05) is 33.1 Å². The van der Waals surface area contributed by atoms with Crippen LogP contribution in [-0.2, 0) is 4.74 Å². The third-order valence-electron chi connectivity index (χ3n) is 3.87. The van der Waals surface area contributed by atoms with E-state index in [1.807, 2.05) is 11.8 Å². The summed E-state index contributed by atoms with van der Waals surface area (Å²) in [5, 5.41) is 4.54. The van der Waals surface area contributed by atoms with Gasteiger partial charge < -0.3 is 15.0 Å². The summed E-state index contributed by atoms with van der Waals surface area (Å²) in [5.74, 6) is 1.07. The van der Waals surface area contributed by atoms with Crippen LogP contribution in [0.2, 0.25) is 0 Å². The number of ether oxygens (including phenoxy) is 1. The van der Waals surface area contributed by atoms with E-state index in [4.69, 9.17) is 9.73 Å². The van der Waals surface area contributed by atoms with Gasteiger partial charge in [-0.3, -0.25) is 4.99 Å². The number of para-hydroxylation sites is 2. The predicted molar refractivity (Wildman–Crippen MR) is 87.1 cm³/mol. The standard InChI is InChI=1S/C15H21N3OS/c1-18(2)13-6-4-3-5-12(13)16-14-17-15(11-20-14)7-9-19-10-8-15/h3-6H,7-11H2,1-2H3,(H,16,17). The Balaban J connectivity index is 1.77. The average molecular weight is 291 g/mol. The van der Waals surface area contributed by atoms with Crippen molar-refractivity contribution in [1.29, 1.82) is 0 Å². The maximum absolute atomic E-state index is 5.45. The molecule has 2 heterocycles. The fraction of sp³-hybridized carbons (Fsp3) is 0.533. The second-order valence-electron chi connectivity index (χ2n) is 5.58. The second kappa shape index (κ2) is 5.66. The normalized spacial score (nSPS) is 20.8. The summed E-state index contributed by atoms with van der Waals surface area (Å²) >= 11 is 1.83. The van der Waals surface area contributed by atoms with Gasteiger partial charge in [0.15, 0.2) is 5.17 Å². The molecule has 0 amide bonds. The molecular weight excluding hydrogens is 270 g/mol. The first-order valence-corrected chi connectivity index (χ1v) is 8.01. The molecule has 0 aromatic heterocycles. The number of hydrogen-bond acceptors (Lipinski definition) is 5. The van der Waals surface area contributed by atoms with E-state index < -0.39 is 0 Å². The van der Waals surface area contributed by atoms with Gasteiger partial charge in [-0.2, -0.15) is 0 Å². The molecule has 0 radical (unpaired) electrons. The summed E-state index contributed by atoms with van der Waals surface area (Å²) in [6, 6.07) is 8.34. The maximum atomic E-state index is 5.45. The number of nitrogens with one attached hydrogen (secondary N) is 1. The minimum Gasteiger partial charge on any atom is -0.381 e. The van der Waals surface area contributed by atoms with Crippen LogP contribution in [0.3, 0.4) is 0 Å². The quantitative estimate of drug-likeness (QED) is 0.909. The molecule has 2 aliphatic rings. The van der Waals surface area contributed by atoms with E-state index in [9.17, 15) is 0 Å². The van der Waals surface area contributed by atoms with Gasteiger partial charge in [0.05, 0.1) is 16.9 Å². The van der Waals surface area contributed by atoms with Gasteiger partial charge in [-0.25, -0.2) is 0 Å². The lowest BCUT2D eigenvalue weighted by molar-refractivity contribution is 0.0624. The van der Waals surface area contributed by atoms with Crippen LogP contribution < -0.4 is 10.2 Å². The highest BCUT2D eigenvalue weighted by Crippen LogP contribution is 2.37. The van der Waals surface area contributed by atoms with E-state index in [0.29, 0.717) is 0 Å². The first kappa shape index (κ1) is 13.8. The highest BCUT2D eigenvalue weighted by Gasteiger charge is 2.37. The van der Waals surface area contributed by atoms with Crippen molar-refractivity contribution < 1.29 is 4.74 Å². The van der Waals surface area contributed by atoms with Crippen LogP contribution in [0.5, 0.6) is 0 Å². The Bertz CT molecular complexity index is 510. The lowest BCUT2D eigenvalue weighted by Crippen LogP contribution is -2.34. The third kappa shape index (κ3) is 2.79. The molecule has 5 heteroatoms. The third-order valence-corrected chi connectivity index (χ3v) is 5.02. The van der Waals surface area contributed by atoms with Gasteiger partial charge in [-0.1, -0.05) is 23.9 Å². The van der Waals surface area contributed by atoms with Gasteiger partial charge in [-0.15, -0.1) is 0 Å². The minimum absolute atomic E-state index is 0.109. The smallest absolute Gasteiger partial charge is 0.161 e. The number of hydrogen-bond donors (Lipinski definition) is 1. The Morgan fingerprint density at radius 2 is 2.00 bits per heavy atom. The maximum Gasteiger partial charge on any atom is 0.161 e. The van der Waals surface area contributed by atoms with Crippen LogP contribution in [0.4, 0.5) is 11.4 Å².